The molecule has 0 amide bonds. The molecule has 2 heterocycles. The number of para-hydroxylation sites is 1. The summed E-state index contributed by atoms with van der Waals surface area (Å²) in [5.74, 6) is 0.0727. The number of carbonyl (C=O) groups excluding carboxylic acids is 1. The fourth-order valence-corrected chi connectivity index (χ4v) is 4.85. The van der Waals surface area contributed by atoms with Crippen LogP contribution < -0.4 is 19.6 Å². The van der Waals surface area contributed by atoms with Crippen molar-refractivity contribution in [2.45, 2.75) is 19.9 Å². The van der Waals surface area contributed by atoms with Crippen LogP contribution in [-0.2, 0) is 9.53 Å². The molecule has 4 rings (SSSR count). The van der Waals surface area contributed by atoms with Crippen LogP contribution in [0.2, 0.25) is 0 Å². The largest absolute Gasteiger partial charge is 0.497 e. The lowest BCUT2D eigenvalue weighted by Crippen LogP contribution is -2.39. The number of ether oxygens (including phenoxy) is 2. The highest BCUT2D eigenvalue weighted by Crippen LogP contribution is 2.31. The van der Waals surface area contributed by atoms with E-state index in [0.717, 1.165) is 11.3 Å². The Morgan fingerprint density at radius 3 is 2.59 bits per heavy atom. The second-order valence-corrected chi connectivity index (χ2v) is 8.40. The van der Waals surface area contributed by atoms with E-state index in [1.54, 1.807) is 63.4 Å². The number of benzene rings is 2. The number of hydrogen-bond donors (Lipinski definition) is 0. The predicted octanol–water partition coefficient (Wildman–Crippen LogP) is 2.72. The molecule has 0 N–H and O–H groups in total. The van der Waals surface area contributed by atoms with E-state index < -0.39 is 22.5 Å². The summed E-state index contributed by atoms with van der Waals surface area (Å²) in [7, 11) is 1.55. The van der Waals surface area contributed by atoms with Crippen LogP contribution in [0.15, 0.2) is 69.6 Å². The Morgan fingerprint density at radius 1 is 1.24 bits per heavy atom. The topological polar surface area (TPSA) is 113 Å². The molecule has 1 aliphatic rings. The van der Waals surface area contributed by atoms with Crippen LogP contribution >= 0.6 is 11.3 Å². The first-order valence-electron chi connectivity index (χ1n) is 10.4. The van der Waals surface area contributed by atoms with Crippen LogP contribution in [0.25, 0.3) is 6.08 Å². The highest BCUT2D eigenvalue weighted by Gasteiger charge is 2.33. The third-order valence-electron chi connectivity index (χ3n) is 5.37. The number of nitro benzene ring substituents is 1. The van der Waals surface area contributed by atoms with Gasteiger partial charge in [-0.1, -0.05) is 35.6 Å². The summed E-state index contributed by atoms with van der Waals surface area (Å²) in [6.45, 7) is 3.58. The van der Waals surface area contributed by atoms with E-state index in [1.165, 1.54) is 16.7 Å². The number of rotatable bonds is 6. The molecular formula is C24H21N3O6S. The molecule has 0 fully saturated rings. The Hall–Kier alpha value is -4.05. The molecule has 1 atom stereocenters. The minimum atomic E-state index is -0.769. The number of nitrogens with zero attached hydrogens (tertiary/aromatic N) is 3. The number of thiazole rings is 1. The van der Waals surface area contributed by atoms with Crippen molar-refractivity contribution in [3.8, 4) is 5.75 Å². The van der Waals surface area contributed by atoms with Gasteiger partial charge in [0.15, 0.2) is 4.80 Å². The van der Waals surface area contributed by atoms with Gasteiger partial charge >= 0.3 is 5.97 Å². The van der Waals surface area contributed by atoms with E-state index in [9.17, 15) is 19.7 Å². The van der Waals surface area contributed by atoms with Crippen molar-refractivity contribution in [1.29, 1.82) is 0 Å². The lowest BCUT2D eigenvalue weighted by atomic mass is 9.96. The number of aromatic nitrogens is 1. The summed E-state index contributed by atoms with van der Waals surface area (Å²) in [6, 6.07) is 12.5. The molecule has 0 bridgehead atoms. The van der Waals surface area contributed by atoms with Crippen LogP contribution in [0.4, 0.5) is 5.69 Å². The average Bonchev–Trinajstić information content (AvgIpc) is 3.13. The molecule has 0 saturated heterocycles. The molecule has 0 spiro atoms. The van der Waals surface area contributed by atoms with Crippen molar-refractivity contribution in [2.24, 2.45) is 4.99 Å². The Labute approximate surface area is 198 Å². The van der Waals surface area contributed by atoms with Crippen LogP contribution in [0.1, 0.15) is 31.0 Å². The van der Waals surface area contributed by atoms with Crippen molar-refractivity contribution >= 4 is 29.1 Å². The molecule has 0 saturated carbocycles. The third kappa shape index (κ3) is 4.15. The van der Waals surface area contributed by atoms with Gasteiger partial charge in [0.1, 0.15) is 5.75 Å². The minimum absolute atomic E-state index is 0.108. The highest BCUT2D eigenvalue weighted by molar-refractivity contribution is 7.07. The second kappa shape index (κ2) is 9.44. The second-order valence-electron chi connectivity index (χ2n) is 7.39. The standard InChI is InChI=1S/C24H21N3O6S/c1-4-33-23(29)20-14(2)25-24-26(21(20)15-9-11-17(32-3)12-10-15)22(28)19(34-24)13-16-7-5-6-8-18(16)27(30)31/h5-13,21H,4H2,1-3H3/b19-13+/t21-/m1/s1. The van der Waals surface area contributed by atoms with Crippen LogP contribution in [-0.4, -0.2) is 29.2 Å². The van der Waals surface area contributed by atoms with Crippen molar-refractivity contribution in [1.82, 2.24) is 4.57 Å². The van der Waals surface area contributed by atoms with E-state index in [0.29, 0.717) is 27.4 Å². The summed E-state index contributed by atoms with van der Waals surface area (Å²) in [5.41, 5.74) is 1.17. The number of fused-ring (bicyclic) bond motifs is 1. The van der Waals surface area contributed by atoms with E-state index in [1.807, 2.05) is 0 Å². The van der Waals surface area contributed by atoms with Gasteiger partial charge < -0.3 is 9.47 Å². The molecule has 10 heteroatoms. The van der Waals surface area contributed by atoms with E-state index in [4.69, 9.17) is 9.47 Å². The maximum atomic E-state index is 13.6. The smallest absolute Gasteiger partial charge is 0.338 e. The molecule has 2 aromatic carbocycles. The molecule has 9 nitrogen and oxygen atoms in total. The summed E-state index contributed by atoms with van der Waals surface area (Å²) in [4.78, 5) is 42.3. The van der Waals surface area contributed by atoms with Crippen molar-refractivity contribution in [3.05, 3.63) is 101 Å². The van der Waals surface area contributed by atoms with Gasteiger partial charge in [-0.2, -0.15) is 0 Å². The first-order chi connectivity index (χ1) is 16.3. The number of hydrogen-bond acceptors (Lipinski definition) is 8. The van der Waals surface area contributed by atoms with Gasteiger partial charge in [-0.15, -0.1) is 0 Å². The number of allylic oxidation sites excluding steroid dienone is 1. The number of methoxy groups -OCH3 is 1. The SMILES string of the molecule is CCOC(=O)C1=C(C)N=c2s/c(=C/c3ccccc3[N+](=O)[O-])c(=O)n2[C@@H]1c1ccc(OC)cc1. The molecule has 0 unspecified atom stereocenters. The first kappa shape index (κ1) is 23.1. The van der Waals surface area contributed by atoms with E-state index >= 15 is 0 Å². The van der Waals surface area contributed by atoms with Gasteiger partial charge in [0.2, 0.25) is 0 Å². The summed E-state index contributed by atoms with van der Waals surface area (Å²) in [5, 5.41) is 11.4. The van der Waals surface area contributed by atoms with E-state index in [2.05, 4.69) is 4.99 Å². The minimum Gasteiger partial charge on any atom is -0.497 e. The van der Waals surface area contributed by atoms with Crippen LogP contribution in [0.5, 0.6) is 5.75 Å². The molecule has 174 valence electrons. The lowest BCUT2D eigenvalue weighted by molar-refractivity contribution is -0.385. The highest BCUT2D eigenvalue weighted by atomic mass is 32.1. The molecule has 0 aliphatic carbocycles. The Bertz CT molecular complexity index is 1480. The molecule has 1 aliphatic heterocycles. The number of esters is 1. The third-order valence-corrected chi connectivity index (χ3v) is 6.35. The van der Waals surface area contributed by atoms with Crippen molar-refractivity contribution < 1.29 is 19.2 Å². The van der Waals surface area contributed by atoms with Crippen LogP contribution in [0, 0.1) is 10.1 Å². The monoisotopic (exact) mass is 479 g/mol. The van der Waals surface area contributed by atoms with Gasteiger partial charge in [-0.3, -0.25) is 19.5 Å². The maximum Gasteiger partial charge on any atom is 0.338 e. The zero-order valence-corrected chi connectivity index (χ0v) is 19.5. The lowest BCUT2D eigenvalue weighted by Gasteiger charge is -2.24. The van der Waals surface area contributed by atoms with Crippen molar-refractivity contribution in [3.63, 3.8) is 0 Å². The predicted molar refractivity (Wildman–Crippen MR) is 126 cm³/mol. The molecule has 3 aromatic rings. The Morgan fingerprint density at radius 2 is 1.94 bits per heavy atom. The molecule has 0 radical (unpaired) electrons. The van der Waals surface area contributed by atoms with Crippen LogP contribution in [0.3, 0.4) is 0 Å². The van der Waals surface area contributed by atoms with E-state index in [-0.39, 0.29) is 22.4 Å². The normalized spacial score (nSPS) is 15.5. The van der Waals surface area contributed by atoms with Gasteiger partial charge in [0.25, 0.3) is 11.2 Å². The average molecular weight is 480 g/mol. The Kier molecular flexibility index (Phi) is 6.42. The number of carbonyl (C=O) groups is 1. The Balaban J connectivity index is 1.96. The molecule has 1 aromatic heterocycles. The quantitative estimate of drug-likeness (QED) is 0.305. The maximum absolute atomic E-state index is 13.6. The summed E-state index contributed by atoms with van der Waals surface area (Å²) < 4.78 is 12.2. The molecule has 34 heavy (non-hydrogen) atoms. The van der Waals surface area contributed by atoms with Gasteiger partial charge in [-0.25, -0.2) is 9.79 Å². The fourth-order valence-electron chi connectivity index (χ4n) is 3.81. The van der Waals surface area contributed by atoms with Crippen molar-refractivity contribution in [2.75, 3.05) is 13.7 Å². The zero-order valence-electron chi connectivity index (χ0n) is 18.7. The first-order valence-corrected chi connectivity index (χ1v) is 11.2. The zero-order chi connectivity index (χ0) is 24.4. The van der Waals surface area contributed by atoms with Gasteiger partial charge in [0, 0.05) is 6.07 Å². The van der Waals surface area contributed by atoms with Gasteiger partial charge in [-0.05, 0) is 43.7 Å². The number of nitro groups is 1. The summed E-state index contributed by atoms with van der Waals surface area (Å²) in [6.07, 6.45) is 1.48. The fraction of sp³-hybridized carbons (Fsp3) is 0.208. The van der Waals surface area contributed by atoms with Gasteiger partial charge in [0.05, 0.1) is 46.0 Å². The summed E-state index contributed by atoms with van der Waals surface area (Å²) >= 11 is 1.11. The molecular weight excluding hydrogens is 458 g/mol.